The molecule has 1 atom stereocenters. The van der Waals surface area contributed by atoms with E-state index in [1.807, 2.05) is 0 Å². The van der Waals surface area contributed by atoms with E-state index in [0.717, 1.165) is 11.1 Å². The molecular formula is C50H33N. The van der Waals surface area contributed by atoms with Crippen LogP contribution in [-0.2, 0) is 5.41 Å². The van der Waals surface area contributed by atoms with Crippen molar-refractivity contribution < 1.29 is 0 Å². The zero-order valence-corrected chi connectivity index (χ0v) is 28.3. The van der Waals surface area contributed by atoms with Crippen molar-refractivity contribution in [2.24, 2.45) is 0 Å². The van der Waals surface area contributed by atoms with Crippen molar-refractivity contribution in [3.8, 4) is 5.69 Å². The molecule has 2 aliphatic rings. The third-order valence-electron chi connectivity index (χ3n) is 11.6. The smallest absolute Gasteiger partial charge is 0.0760 e. The first kappa shape index (κ1) is 28.4. The number of allylic oxidation sites excluding steroid dienone is 5. The van der Waals surface area contributed by atoms with Crippen LogP contribution in [0.2, 0.25) is 0 Å². The third-order valence-corrected chi connectivity index (χ3v) is 11.6. The van der Waals surface area contributed by atoms with E-state index in [-0.39, 0.29) is 0 Å². The Bertz CT molecular complexity index is 3020. The van der Waals surface area contributed by atoms with E-state index in [4.69, 9.17) is 6.58 Å². The summed E-state index contributed by atoms with van der Waals surface area (Å²) in [5.74, 6) is 0. The van der Waals surface area contributed by atoms with E-state index in [0.29, 0.717) is 0 Å². The van der Waals surface area contributed by atoms with Gasteiger partial charge in [0.15, 0.2) is 0 Å². The number of fused-ring (bicyclic) bond motifs is 15. The average Bonchev–Trinajstić information content (AvgIpc) is 3.68. The van der Waals surface area contributed by atoms with E-state index >= 15 is 0 Å². The summed E-state index contributed by atoms with van der Waals surface area (Å²) in [6, 6.07) is 58.5. The predicted octanol–water partition coefficient (Wildman–Crippen LogP) is 12.9. The molecule has 0 amide bonds. The van der Waals surface area contributed by atoms with Gasteiger partial charge in [-0.1, -0.05) is 158 Å². The number of hydrogen-bond donors (Lipinski definition) is 0. The summed E-state index contributed by atoms with van der Waals surface area (Å²) >= 11 is 0. The summed E-state index contributed by atoms with van der Waals surface area (Å²) in [5, 5.41) is 10.2. The van der Waals surface area contributed by atoms with Crippen molar-refractivity contribution in [1.82, 2.24) is 4.57 Å². The van der Waals surface area contributed by atoms with Gasteiger partial charge < -0.3 is 4.57 Å². The lowest BCUT2D eigenvalue weighted by Gasteiger charge is -2.41. The number of para-hydroxylation sites is 3. The van der Waals surface area contributed by atoms with Crippen LogP contribution in [-0.4, -0.2) is 4.57 Å². The molecule has 1 unspecified atom stereocenters. The van der Waals surface area contributed by atoms with Crippen molar-refractivity contribution in [2.75, 3.05) is 0 Å². The minimum absolute atomic E-state index is 0.580. The molecule has 8 aromatic carbocycles. The fourth-order valence-corrected chi connectivity index (χ4v) is 9.75. The predicted molar refractivity (Wildman–Crippen MR) is 217 cm³/mol. The molecule has 9 aromatic rings. The quantitative estimate of drug-likeness (QED) is 0.168. The monoisotopic (exact) mass is 647 g/mol. The summed E-state index contributed by atoms with van der Waals surface area (Å²) < 4.78 is 2.50. The average molecular weight is 648 g/mol. The molecule has 1 nitrogen and oxygen atoms in total. The molecule has 2 heterocycles. The van der Waals surface area contributed by atoms with Gasteiger partial charge >= 0.3 is 0 Å². The molecule has 1 spiro atoms. The fraction of sp³-hybridized carbons (Fsp3) is 0.0400. The molecule has 238 valence electrons. The highest BCUT2D eigenvalue weighted by Crippen LogP contribution is 2.62. The Morgan fingerprint density at radius 1 is 0.529 bits per heavy atom. The van der Waals surface area contributed by atoms with E-state index in [1.54, 1.807) is 0 Å². The zero-order chi connectivity index (χ0) is 33.8. The van der Waals surface area contributed by atoms with Crippen LogP contribution >= 0.6 is 0 Å². The molecule has 51 heavy (non-hydrogen) atoms. The maximum Gasteiger partial charge on any atom is 0.0760 e. The molecule has 1 aliphatic heterocycles. The molecule has 0 bridgehead atoms. The van der Waals surface area contributed by atoms with Gasteiger partial charge in [-0.25, -0.2) is 0 Å². The zero-order valence-electron chi connectivity index (χ0n) is 28.3. The van der Waals surface area contributed by atoms with Gasteiger partial charge in [0.25, 0.3) is 0 Å². The Hall–Kier alpha value is -6.44. The lowest BCUT2D eigenvalue weighted by atomic mass is 9.62. The van der Waals surface area contributed by atoms with Crippen molar-refractivity contribution in [1.29, 1.82) is 0 Å². The summed E-state index contributed by atoms with van der Waals surface area (Å²) in [7, 11) is 0. The molecule has 1 heteroatoms. The van der Waals surface area contributed by atoms with E-state index in [9.17, 15) is 0 Å². The SMILES string of the molecule is C=C(C1=C(/C=C\C)c2ccccc2C12c1ccccc1-n1c3ccccc3c3cccc2c31)c1ccc2c3ccccc3c3ccccc3c2c1. The first-order valence-electron chi connectivity index (χ1n) is 17.8. The Morgan fingerprint density at radius 2 is 1.10 bits per heavy atom. The van der Waals surface area contributed by atoms with Crippen LogP contribution in [0.5, 0.6) is 0 Å². The van der Waals surface area contributed by atoms with E-state index in [1.165, 1.54) is 93.2 Å². The summed E-state index contributed by atoms with van der Waals surface area (Å²) in [4.78, 5) is 0. The Labute approximate surface area is 296 Å². The molecule has 0 fully saturated rings. The van der Waals surface area contributed by atoms with Gasteiger partial charge in [0.1, 0.15) is 0 Å². The van der Waals surface area contributed by atoms with Gasteiger partial charge in [-0.3, -0.25) is 0 Å². The number of nitrogens with zero attached hydrogens (tertiary/aromatic N) is 1. The van der Waals surface area contributed by atoms with Gasteiger partial charge in [0, 0.05) is 10.8 Å². The molecule has 0 radical (unpaired) electrons. The second-order valence-electron chi connectivity index (χ2n) is 14.0. The molecular weight excluding hydrogens is 615 g/mol. The highest BCUT2D eigenvalue weighted by Gasteiger charge is 2.52. The largest absolute Gasteiger partial charge is 0.309 e. The third kappa shape index (κ3) is 3.50. The van der Waals surface area contributed by atoms with Crippen LogP contribution in [0.3, 0.4) is 0 Å². The van der Waals surface area contributed by atoms with Crippen molar-refractivity contribution in [3.05, 3.63) is 210 Å². The maximum absolute atomic E-state index is 5.06. The van der Waals surface area contributed by atoms with E-state index in [2.05, 4.69) is 181 Å². The summed E-state index contributed by atoms with van der Waals surface area (Å²) in [5.41, 5.74) is 13.0. The van der Waals surface area contributed by atoms with Crippen LogP contribution in [0.25, 0.3) is 71.0 Å². The molecule has 11 rings (SSSR count). The summed E-state index contributed by atoms with van der Waals surface area (Å²) in [6.45, 7) is 7.18. The highest BCUT2D eigenvalue weighted by molar-refractivity contribution is 6.26. The topological polar surface area (TPSA) is 4.93 Å². The lowest BCUT2D eigenvalue weighted by molar-refractivity contribution is 0.746. The van der Waals surface area contributed by atoms with Gasteiger partial charge in [-0.2, -0.15) is 0 Å². The number of aromatic nitrogens is 1. The van der Waals surface area contributed by atoms with Gasteiger partial charge in [0.2, 0.25) is 0 Å². The molecule has 1 aliphatic carbocycles. The second kappa shape index (κ2) is 10.3. The van der Waals surface area contributed by atoms with Gasteiger partial charge in [0.05, 0.1) is 22.1 Å². The van der Waals surface area contributed by atoms with Crippen LogP contribution in [0.15, 0.2) is 182 Å². The normalized spacial score (nSPS) is 16.3. The number of benzene rings is 8. The minimum Gasteiger partial charge on any atom is -0.309 e. The number of hydrogen-bond acceptors (Lipinski definition) is 0. The van der Waals surface area contributed by atoms with Crippen molar-refractivity contribution in [3.63, 3.8) is 0 Å². The van der Waals surface area contributed by atoms with Crippen LogP contribution in [0.1, 0.15) is 34.7 Å². The highest BCUT2D eigenvalue weighted by atomic mass is 15.0. The Balaban J connectivity index is 1.28. The van der Waals surface area contributed by atoms with Crippen molar-refractivity contribution >= 4 is 65.3 Å². The van der Waals surface area contributed by atoms with Crippen LogP contribution in [0.4, 0.5) is 0 Å². The van der Waals surface area contributed by atoms with Crippen molar-refractivity contribution in [2.45, 2.75) is 12.3 Å². The minimum atomic E-state index is -0.580. The van der Waals surface area contributed by atoms with Crippen LogP contribution < -0.4 is 0 Å². The molecule has 0 saturated carbocycles. The Morgan fingerprint density at radius 3 is 1.84 bits per heavy atom. The molecule has 0 saturated heterocycles. The first-order chi connectivity index (χ1) is 25.2. The Kier molecular flexibility index (Phi) is 5.73. The number of rotatable bonds is 3. The fourth-order valence-electron chi connectivity index (χ4n) is 9.75. The standard InChI is InChI=1S/C50H33N/c1-3-15-40-38-20-8-10-23-43(38)50(44-24-11-13-27-47(44)51-46-26-12-9-21-39(46)41-22-14-25-45(50)49(41)51)48(40)31(2)32-28-29-37-35-18-5-4-16-33(35)34-17-6-7-19-36(34)42(37)30-32/h3-30H,2H2,1H3/b15-3-. The van der Waals surface area contributed by atoms with Crippen LogP contribution in [0, 0.1) is 0 Å². The maximum atomic E-state index is 5.06. The van der Waals surface area contributed by atoms with Gasteiger partial charge in [-0.15, -0.1) is 0 Å². The summed E-state index contributed by atoms with van der Waals surface area (Å²) in [6.07, 6.45) is 4.50. The molecule has 1 aromatic heterocycles. The van der Waals surface area contributed by atoms with Gasteiger partial charge in [-0.05, 0) is 102 Å². The second-order valence-corrected chi connectivity index (χ2v) is 14.0. The van der Waals surface area contributed by atoms with E-state index < -0.39 is 5.41 Å². The first-order valence-corrected chi connectivity index (χ1v) is 17.8. The lowest BCUT2D eigenvalue weighted by Crippen LogP contribution is -2.35. The molecule has 0 N–H and O–H groups in total.